The SMILES string of the molecule is N#Cc1ccc(OC2CCC3(CC2)CN(c2ccc(C(=O)N4CCC(N5Cc6cc7c(cc6C5)C(=O)N(C5CCC(=O)NC5=O)C7=O)CC4)cc2)C3)cc1Cl. The minimum atomic E-state index is -0.975. The van der Waals surface area contributed by atoms with Crippen LogP contribution >= 0.6 is 11.6 Å². The standard InChI is InChI=1S/C42H41ClN6O6/c43-35-19-32(6-3-26(35)20-44)55-31-9-13-42(14-10-31)23-48(24-42)29-4-1-25(2-5-29)39(52)46-15-11-30(12-16-46)47-21-27-17-33-34(18-28(27)22-47)41(54)49(40(33)53)36-7-8-37(50)45-38(36)51/h1-6,17-19,30-31,36H,7-16,21-24H2,(H,45,50,51). The summed E-state index contributed by atoms with van der Waals surface area (Å²) in [6.07, 6.45) is 6.20. The molecule has 1 unspecified atom stereocenters. The molecule has 4 fully saturated rings. The first-order valence-electron chi connectivity index (χ1n) is 19.2. The molecular weight excluding hydrogens is 720 g/mol. The molecule has 1 atom stereocenters. The number of piperidine rings is 2. The lowest BCUT2D eigenvalue weighted by atomic mass is 9.67. The van der Waals surface area contributed by atoms with Crippen molar-refractivity contribution in [2.45, 2.75) is 82.6 Å². The maximum atomic E-state index is 13.5. The molecule has 5 amide bonds. The minimum absolute atomic E-state index is 0.0469. The van der Waals surface area contributed by atoms with E-state index in [9.17, 15) is 24.0 Å². The Bertz CT molecular complexity index is 2110. The molecule has 1 saturated carbocycles. The molecule has 13 heteroatoms. The second-order valence-electron chi connectivity index (χ2n) is 16.0. The molecule has 9 rings (SSSR count). The Labute approximate surface area is 323 Å². The van der Waals surface area contributed by atoms with Crippen molar-refractivity contribution >= 4 is 46.8 Å². The van der Waals surface area contributed by atoms with E-state index in [1.54, 1.807) is 24.3 Å². The zero-order valence-corrected chi connectivity index (χ0v) is 31.1. The van der Waals surface area contributed by atoms with Gasteiger partial charge in [0, 0.05) is 74.5 Å². The normalized spacial score (nSPS) is 22.7. The highest BCUT2D eigenvalue weighted by Gasteiger charge is 2.47. The largest absolute Gasteiger partial charge is 0.490 e. The Morgan fingerprint density at radius 1 is 0.855 bits per heavy atom. The highest BCUT2D eigenvalue weighted by molar-refractivity contribution is 6.31. The van der Waals surface area contributed by atoms with E-state index in [4.69, 9.17) is 21.6 Å². The number of carbonyl (C=O) groups is 5. The first-order valence-corrected chi connectivity index (χ1v) is 19.6. The highest BCUT2D eigenvalue weighted by atomic mass is 35.5. The van der Waals surface area contributed by atoms with Crippen LogP contribution in [0.15, 0.2) is 54.6 Å². The molecule has 5 heterocycles. The van der Waals surface area contributed by atoms with Crippen LogP contribution in [-0.2, 0) is 22.7 Å². The van der Waals surface area contributed by atoms with E-state index in [1.165, 1.54) is 0 Å². The zero-order valence-electron chi connectivity index (χ0n) is 30.4. The van der Waals surface area contributed by atoms with Crippen LogP contribution in [0.4, 0.5) is 5.69 Å². The molecule has 3 aromatic carbocycles. The lowest BCUT2D eigenvalue weighted by molar-refractivity contribution is -0.136. The topological polar surface area (TPSA) is 143 Å². The molecular formula is C42H41ClN6O6. The summed E-state index contributed by atoms with van der Waals surface area (Å²) in [5, 5.41) is 11.8. The van der Waals surface area contributed by atoms with E-state index >= 15 is 0 Å². The Kier molecular flexibility index (Phi) is 8.89. The van der Waals surface area contributed by atoms with Crippen LogP contribution in [0.1, 0.15) is 99.1 Å². The summed E-state index contributed by atoms with van der Waals surface area (Å²) in [6.45, 7) is 4.62. The summed E-state index contributed by atoms with van der Waals surface area (Å²) in [6, 6.07) is 18.2. The molecule has 0 aromatic heterocycles. The van der Waals surface area contributed by atoms with Crippen molar-refractivity contribution in [3.05, 3.63) is 93.0 Å². The van der Waals surface area contributed by atoms with Gasteiger partial charge in [-0.25, -0.2) is 0 Å². The lowest BCUT2D eigenvalue weighted by Gasteiger charge is -2.54. The van der Waals surface area contributed by atoms with E-state index in [2.05, 4.69) is 33.3 Å². The second kappa shape index (κ2) is 13.8. The number of likely N-dealkylation sites (tertiary alicyclic amines) is 1. The van der Waals surface area contributed by atoms with Crippen LogP contribution in [0.2, 0.25) is 5.02 Å². The summed E-state index contributed by atoms with van der Waals surface area (Å²) >= 11 is 6.19. The molecule has 55 heavy (non-hydrogen) atoms. The zero-order chi connectivity index (χ0) is 38.0. The van der Waals surface area contributed by atoms with Gasteiger partial charge in [0.25, 0.3) is 17.7 Å². The number of nitrogens with one attached hydrogen (secondary N) is 1. The van der Waals surface area contributed by atoms with Crippen molar-refractivity contribution in [1.29, 1.82) is 5.26 Å². The molecule has 0 radical (unpaired) electrons. The number of anilines is 1. The Morgan fingerprint density at radius 2 is 1.51 bits per heavy atom. The number of imide groups is 2. The van der Waals surface area contributed by atoms with Crippen LogP contribution in [0.3, 0.4) is 0 Å². The van der Waals surface area contributed by atoms with E-state index in [1.807, 2.05) is 23.1 Å². The summed E-state index contributed by atoms with van der Waals surface area (Å²) in [4.78, 5) is 71.9. The fraction of sp³-hybridized carbons (Fsp3) is 0.429. The molecule has 1 spiro atoms. The monoisotopic (exact) mass is 760 g/mol. The van der Waals surface area contributed by atoms with Gasteiger partial charge in [0.2, 0.25) is 11.8 Å². The maximum Gasteiger partial charge on any atom is 0.262 e. The first-order chi connectivity index (χ1) is 26.6. The Balaban J connectivity index is 0.742. The van der Waals surface area contributed by atoms with Gasteiger partial charge in [-0.05, 0) is 105 Å². The molecule has 3 aromatic rings. The third-order valence-corrected chi connectivity index (χ3v) is 13.0. The van der Waals surface area contributed by atoms with Gasteiger partial charge in [-0.1, -0.05) is 11.6 Å². The fourth-order valence-electron chi connectivity index (χ4n) is 9.52. The number of rotatable bonds is 6. The number of carbonyl (C=O) groups excluding carboxylic acids is 5. The highest BCUT2D eigenvalue weighted by Crippen LogP contribution is 2.46. The van der Waals surface area contributed by atoms with E-state index in [0.29, 0.717) is 64.6 Å². The average Bonchev–Trinajstić information content (AvgIpc) is 3.70. The van der Waals surface area contributed by atoms with Crippen LogP contribution in [0.5, 0.6) is 5.75 Å². The number of halogens is 1. The summed E-state index contributed by atoms with van der Waals surface area (Å²) in [5.74, 6) is -1.21. The van der Waals surface area contributed by atoms with Gasteiger partial charge in [-0.2, -0.15) is 5.26 Å². The third kappa shape index (κ3) is 6.43. The number of hydrogen-bond donors (Lipinski definition) is 1. The summed E-state index contributed by atoms with van der Waals surface area (Å²) < 4.78 is 6.20. The van der Waals surface area contributed by atoms with Crippen molar-refractivity contribution in [3.8, 4) is 11.8 Å². The quantitative estimate of drug-likeness (QED) is 0.341. The predicted octanol–water partition coefficient (Wildman–Crippen LogP) is 5.06. The van der Waals surface area contributed by atoms with Crippen molar-refractivity contribution < 1.29 is 28.7 Å². The molecule has 282 valence electrons. The Hall–Kier alpha value is -5.25. The molecule has 12 nitrogen and oxygen atoms in total. The van der Waals surface area contributed by atoms with Gasteiger partial charge in [-0.15, -0.1) is 0 Å². The van der Waals surface area contributed by atoms with Gasteiger partial charge < -0.3 is 14.5 Å². The number of benzene rings is 3. The fourth-order valence-corrected chi connectivity index (χ4v) is 9.73. The van der Waals surface area contributed by atoms with E-state index < -0.39 is 29.7 Å². The van der Waals surface area contributed by atoms with Crippen molar-refractivity contribution in [1.82, 2.24) is 20.0 Å². The van der Waals surface area contributed by atoms with Gasteiger partial charge in [-0.3, -0.25) is 39.1 Å². The number of hydrogen-bond acceptors (Lipinski definition) is 9. The third-order valence-electron chi connectivity index (χ3n) is 12.7. The smallest absolute Gasteiger partial charge is 0.262 e. The van der Waals surface area contributed by atoms with Crippen molar-refractivity contribution in [2.75, 3.05) is 31.1 Å². The summed E-state index contributed by atoms with van der Waals surface area (Å²) in [7, 11) is 0. The molecule has 6 aliphatic rings. The number of fused-ring (bicyclic) bond motifs is 2. The minimum Gasteiger partial charge on any atom is -0.490 e. The molecule has 3 saturated heterocycles. The predicted molar refractivity (Wildman–Crippen MR) is 201 cm³/mol. The van der Waals surface area contributed by atoms with Crippen LogP contribution in [0, 0.1) is 16.7 Å². The van der Waals surface area contributed by atoms with Gasteiger partial charge in [0.1, 0.15) is 17.9 Å². The average molecular weight is 761 g/mol. The summed E-state index contributed by atoms with van der Waals surface area (Å²) in [5.41, 5.74) is 5.22. The lowest BCUT2D eigenvalue weighted by Crippen LogP contribution is -2.58. The van der Waals surface area contributed by atoms with Crippen molar-refractivity contribution in [3.63, 3.8) is 0 Å². The Morgan fingerprint density at radius 3 is 2.11 bits per heavy atom. The van der Waals surface area contributed by atoms with Crippen LogP contribution < -0.4 is 15.0 Å². The first kappa shape index (κ1) is 35.5. The molecule has 0 bridgehead atoms. The van der Waals surface area contributed by atoms with Gasteiger partial charge in [0.15, 0.2) is 0 Å². The van der Waals surface area contributed by atoms with Gasteiger partial charge >= 0.3 is 0 Å². The maximum absolute atomic E-state index is 13.5. The van der Waals surface area contributed by atoms with E-state index in [-0.39, 0.29) is 30.9 Å². The van der Waals surface area contributed by atoms with Crippen LogP contribution in [-0.4, -0.2) is 88.6 Å². The molecule has 1 N–H and O–H groups in total. The molecule has 5 aliphatic heterocycles. The van der Waals surface area contributed by atoms with Crippen molar-refractivity contribution in [2.24, 2.45) is 5.41 Å². The second-order valence-corrected chi connectivity index (χ2v) is 16.4. The number of amides is 5. The molecule has 1 aliphatic carbocycles. The van der Waals surface area contributed by atoms with E-state index in [0.717, 1.165) is 73.3 Å². The number of ether oxygens (including phenoxy) is 1. The van der Waals surface area contributed by atoms with Gasteiger partial charge in [0.05, 0.1) is 27.8 Å². The number of nitriles is 1. The van der Waals surface area contributed by atoms with Crippen LogP contribution in [0.25, 0.3) is 0 Å². The number of nitrogens with zero attached hydrogens (tertiary/aromatic N) is 5.